The number of aliphatic hydroxyl groups is 1. The number of rotatable bonds is 5. The Labute approximate surface area is 100 Å². The van der Waals surface area contributed by atoms with E-state index in [9.17, 15) is 0 Å². The number of aryl methyl sites for hydroxylation is 1. The number of hydrogen-bond donors (Lipinski definition) is 2. The molecule has 0 aliphatic rings. The topological polar surface area (TPSA) is 63.0 Å². The molecule has 90 valence electrons. The lowest BCUT2D eigenvalue weighted by atomic mass is 10.1. The van der Waals surface area contributed by atoms with Crippen LogP contribution in [0, 0.1) is 0 Å². The van der Waals surface area contributed by atoms with E-state index in [1.54, 1.807) is 11.0 Å². The minimum atomic E-state index is 0.0805. The molecule has 5 heteroatoms. The van der Waals surface area contributed by atoms with Crippen LogP contribution >= 0.6 is 0 Å². The number of hydrogen-bond acceptors (Lipinski definition) is 4. The summed E-state index contributed by atoms with van der Waals surface area (Å²) in [5, 5.41) is 16.3. The largest absolute Gasteiger partial charge is 0.392 e. The lowest BCUT2D eigenvalue weighted by Crippen LogP contribution is -2.16. The van der Waals surface area contributed by atoms with Gasteiger partial charge in [0.25, 0.3) is 0 Å². The van der Waals surface area contributed by atoms with Crippen molar-refractivity contribution in [1.82, 2.24) is 20.1 Å². The summed E-state index contributed by atoms with van der Waals surface area (Å²) in [5.74, 6) is 0.906. The molecule has 0 aliphatic heterocycles. The van der Waals surface area contributed by atoms with Crippen molar-refractivity contribution >= 4 is 0 Å². The summed E-state index contributed by atoms with van der Waals surface area (Å²) in [7, 11) is 1.87. The molecule has 1 aromatic carbocycles. The van der Waals surface area contributed by atoms with Crippen LogP contribution < -0.4 is 5.32 Å². The van der Waals surface area contributed by atoms with E-state index >= 15 is 0 Å². The number of nitrogens with one attached hydrogen (secondary N) is 1. The molecule has 0 aliphatic carbocycles. The lowest BCUT2D eigenvalue weighted by molar-refractivity contribution is 0.281. The van der Waals surface area contributed by atoms with Crippen molar-refractivity contribution in [2.24, 2.45) is 7.05 Å². The second kappa shape index (κ2) is 5.56. The first-order valence-electron chi connectivity index (χ1n) is 5.52. The Bertz CT molecular complexity index is 481. The molecule has 0 radical (unpaired) electrons. The number of benzene rings is 1. The number of aromatic nitrogens is 3. The molecule has 2 rings (SSSR count). The van der Waals surface area contributed by atoms with E-state index in [-0.39, 0.29) is 6.61 Å². The Morgan fingerprint density at radius 2 is 2.12 bits per heavy atom. The predicted octanol–water partition coefficient (Wildman–Crippen LogP) is 0.597. The fraction of sp³-hybridized carbons (Fsp3) is 0.333. The van der Waals surface area contributed by atoms with Gasteiger partial charge in [0.1, 0.15) is 12.2 Å². The fourth-order valence-electron chi connectivity index (χ4n) is 1.64. The van der Waals surface area contributed by atoms with Gasteiger partial charge in [-0.15, -0.1) is 0 Å². The zero-order chi connectivity index (χ0) is 12.1. The average molecular weight is 232 g/mol. The SMILES string of the molecule is Cn1ncnc1CNCc1cccc(CO)c1. The Hall–Kier alpha value is -1.72. The van der Waals surface area contributed by atoms with Gasteiger partial charge < -0.3 is 10.4 Å². The van der Waals surface area contributed by atoms with Crippen molar-refractivity contribution in [3.8, 4) is 0 Å². The standard InChI is InChI=1S/C12H16N4O/c1-16-12(14-9-15-16)7-13-6-10-3-2-4-11(5-10)8-17/h2-5,9,13,17H,6-8H2,1H3. The van der Waals surface area contributed by atoms with Crippen LogP contribution in [0.1, 0.15) is 17.0 Å². The van der Waals surface area contributed by atoms with Gasteiger partial charge in [-0.1, -0.05) is 24.3 Å². The lowest BCUT2D eigenvalue weighted by Gasteiger charge is -2.05. The molecule has 0 fully saturated rings. The first-order valence-corrected chi connectivity index (χ1v) is 5.52. The van der Waals surface area contributed by atoms with Gasteiger partial charge >= 0.3 is 0 Å². The molecule has 1 aromatic heterocycles. The van der Waals surface area contributed by atoms with Gasteiger partial charge in [-0.25, -0.2) is 4.98 Å². The highest BCUT2D eigenvalue weighted by molar-refractivity contribution is 5.22. The predicted molar refractivity (Wildman–Crippen MR) is 63.9 cm³/mol. The quantitative estimate of drug-likeness (QED) is 0.792. The summed E-state index contributed by atoms with van der Waals surface area (Å²) < 4.78 is 1.75. The van der Waals surface area contributed by atoms with Gasteiger partial charge in [-0.3, -0.25) is 4.68 Å². The van der Waals surface area contributed by atoms with Gasteiger partial charge in [-0.2, -0.15) is 5.10 Å². The van der Waals surface area contributed by atoms with Gasteiger partial charge in [0.05, 0.1) is 13.2 Å². The van der Waals surface area contributed by atoms with Crippen molar-refractivity contribution < 1.29 is 5.11 Å². The van der Waals surface area contributed by atoms with E-state index in [1.165, 1.54) is 0 Å². The third-order valence-corrected chi connectivity index (χ3v) is 2.59. The molecule has 0 spiro atoms. The molecule has 5 nitrogen and oxygen atoms in total. The van der Waals surface area contributed by atoms with Crippen LogP contribution in [0.4, 0.5) is 0 Å². The monoisotopic (exact) mass is 232 g/mol. The van der Waals surface area contributed by atoms with Gasteiger partial charge in [0.15, 0.2) is 0 Å². The van der Waals surface area contributed by atoms with E-state index in [1.807, 2.05) is 31.3 Å². The molecular formula is C12H16N4O. The van der Waals surface area contributed by atoms with Crippen LogP contribution in [0.15, 0.2) is 30.6 Å². The molecule has 2 N–H and O–H groups in total. The zero-order valence-electron chi connectivity index (χ0n) is 9.80. The van der Waals surface area contributed by atoms with Crippen LogP contribution in [0.2, 0.25) is 0 Å². The highest BCUT2D eigenvalue weighted by atomic mass is 16.3. The van der Waals surface area contributed by atoms with Crippen molar-refractivity contribution in [1.29, 1.82) is 0 Å². The normalized spacial score (nSPS) is 10.7. The molecule has 0 bridgehead atoms. The summed E-state index contributed by atoms with van der Waals surface area (Å²) in [6.07, 6.45) is 1.55. The molecular weight excluding hydrogens is 216 g/mol. The number of aliphatic hydroxyl groups excluding tert-OH is 1. The van der Waals surface area contributed by atoms with E-state index in [2.05, 4.69) is 15.4 Å². The van der Waals surface area contributed by atoms with Crippen LogP contribution in [-0.2, 0) is 26.7 Å². The van der Waals surface area contributed by atoms with Crippen LogP contribution in [0.3, 0.4) is 0 Å². The maximum atomic E-state index is 9.03. The zero-order valence-corrected chi connectivity index (χ0v) is 9.80. The van der Waals surface area contributed by atoms with E-state index in [0.717, 1.165) is 23.5 Å². The molecule has 0 saturated carbocycles. The Morgan fingerprint density at radius 1 is 1.29 bits per heavy atom. The summed E-state index contributed by atoms with van der Waals surface area (Å²) in [5.41, 5.74) is 2.08. The first-order chi connectivity index (χ1) is 8.29. The van der Waals surface area contributed by atoms with Gasteiger partial charge in [0.2, 0.25) is 0 Å². The maximum absolute atomic E-state index is 9.03. The summed E-state index contributed by atoms with van der Waals surface area (Å²) in [6.45, 7) is 1.51. The highest BCUT2D eigenvalue weighted by Gasteiger charge is 2.00. The molecule has 0 unspecified atom stereocenters. The minimum absolute atomic E-state index is 0.0805. The second-order valence-electron chi connectivity index (χ2n) is 3.88. The van der Waals surface area contributed by atoms with Crippen molar-refractivity contribution in [3.63, 3.8) is 0 Å². The third kappa shape index (κ3) is 3.12. The van der Waals surface area contributed by atoms with Gasteiger partial charge in [-0.05, 0) is 11.1 Å². The van der Waals surface area contributed by atoms with Crippen molar-refractivity contribution in [2.75, 3.05) is 0 Å². The number of nitrogens with zero attached hydrogens (tertiary/aromatic N) is 3. The average Bonchev–Trinajstić information content (AvgIpc) is 2.76. The van der Waals surface area contributed by atoms with Crippen LogP contribution in [-0.4, -0.2) is 19.9 Å². The Morgan fingerprint density at radius 3 is 2.82 bits per heavy atom. The van der Waals surface area contributed by atoms with E-state index < -0.39 is 0 Å². The van der Waals surface area contributed by atoms with E-state index in [0.29, 0.717) is 6.54 Å². The Kier molecular flexibility index (Phi) is 3.85. The molecule has 17 heavy (non-hydrogen) atoms. The highest BCUT2D eigenvalue weighted by Crippen LogP contribution is 2.05. The minimum Gasteiger partial charge on any atom is -0.392 e. The summed E-state index contributed by atoms with van der Waals surface area (Å²) >= 11 is 0. The van der Waals surface area contributed by atoms with Gasteiger partial charge in [0, 0.05) is 13.6 Å². The molecule has 0 saturated heterocycles. The summed E-state index contributed by atoms with van der Waals surface area (Å²) in [4.78, 5) is 4.13. The molecule has 0 atom stereocenters. The molecule has 2 aromatic rings. The smallest absolute Gasteiger partial charge is 0.140 e. The molecule has 0 amide bonds. The van der Waals surface area contributed by atoms with Crippen molar-refractivity contribution in [3.05, 3.63) is 47.5 Å². The van der Waals surface area contributed by atoms with Crippen LogP contribution in [0.5, 0.6) is 0 Å². The fourth-order valence-corrected chi connectivity index (χ4v) is 1.64. The Balaban J connectivity index is 1.87. The van der Waals surface area contributed by atoms with Crippen LogP contribution in [0.25, 0.3) is 0 Å². The van der Waals surface area contributed by atoms with E-state index in [4.69, 9.17) is 5.11 Å². The first kappa shape index (κ1) is 11.8. The third-order valence-electron chi connectivity index (χ3n) is 2.59. The summed E-state index contributed by atoms with van der Waals surface area (Å²) in [6, 6.07) is 7.88. The second-order valence-corrected chi connectivity index (χ2v) is 3.88. The maximum Gasteiger partial charge on any atom is 0.140 e. The molecule has 1 heterocycles. The van der Waals surface area contributed by atoms with Crippen molar-refractivity contribution in [2.45, 2.75) is 19.7 Å².